The molecule has 1 saturated carbocycles. The van der Waals surface area contributed by atoms with E-state index >= 15 is 0 Å². The molecule has 1 aliphatic carbocycles. The van der Waals surface area contributed by atoms with E-state index in [-0.39, 0.29) is 11.7 Å². The van der Waals surface area contributed by atoms with Crippen LogP contribution in [0.2, 0.25) is 0 Å². The monoisotopic (exact) mass is 233 g/mol. The average molecular weight is 233 g/mol. The van der Waals surface area contributed by atoms with Gasteiger partial charge in [0, 0.05) is 13.1 Å². The summed E-state index contributed by atoms with van der Waals surface area (Å²) in [6.07, 6.45) is 2.45. The third kappa shape index (κ3) is 2.78. The molecule has 1 aromatic carbocycles. The van der Waals surface area contributed by atoms with Gasteiger partial charge < -0.3 is 10.0 Å². The Labute approximate surface area is 102 Å². The number of phenols is 1. The first kappa shape index (κ1) is 12.0. The number of aryl methyl sites for hydroxylation is 1. The van der Waals surface area contributed by atoms with Gasteiger partial charge in [-0.15, -0.1) is 0 Å². The summed E-state index contributed by atoms with van der Waals surface area (Å²) in [6, 6.07) is 5.16. The summed E-state index contributed by atoms with van der Waals surface area (Å²) < 4.78 is 0. The van der Waals surface area contributed by atoms with Crippen molar-refractivity contribution in [3.05, 3.63) is 29.3 Å². The summed E-state index contributed by atoms with van der Waals surface area (Å²) in [4.78, 5) is 14.1. The summed E-state index contributed by atoms with van der Waals surface area (Å²) in [5.74, 6) is 0.696. The van der Waals surface area contributed by atoms with Crippen molar-refractivity contribution in [3.63, 3.8) is 0 Å². The van der Waals surface area contributed by atoms with Crippen LogP contribution in [-0.4, -0.2) is 29.0 Å². The van der Waals surface area contributed by atoms with Gasteiger partial charge in [0.1, 0.15) is 5.75 Å². The third-order valence-corrected chi connectivity index (χ3v) is 3.23. The minimum absolute atomic E-state index is 0.0550. The van der Waals surface area contributed by atoms with E-state index in [1.807, 2.05) is 24.8 Å². The first-order valence-corrected chi connectivity index (χ1v) is 6.20. The van der Waals surface area contributed by atoms with E-state index in [1.54, 1.807) is 12.1 Å². The second kappa shape index (κ2) is 4.78. The molecule has 0 saturated heterocycles. The van der Waals surface area contributed by atoms with Gasteiger partial charge in [-0.25, -0.2) is 0 Å². The fourth-order valence-corrected chi connectivity index (χ4v) is 1.96. The minimum Gasteiger partial charge on any atom is -0.507 e. The Hall–Kier alpha value is -1.51. The van der Waals surface area contributed by atoms with Crippen LogP contribution < -0.4 is 0 Å². The number of hydrogen-bond acceptors (Lipinski definition) is 2. The molecule has 0 radical (unpaired) electrons. The summed E-state index contributed by atoms with van der Waals surface area (Å²) in [5, 5.41) is 9.75. The standard InChI is InChI=1S/C14H19NO2/c1-3-15(9-11-5-6-11)14(17)12-8-10(2)4-7-13(12)16/h4,7-8,11,16H,3,5-6,9H2,1-2H3. The van der Waals surface area contributed by atoms with Gasteiger partial charge in [-0.2, -0.15) is 0 Å². The lowest BCUT2D eigenvalue weighted by atomic mass is 10.1. The molecule has 0 atom stereocenters. The van der Waals surface area contributed by atoms with Gasteiger partial charge in [-0.1, -0.05) is 11.6 Å². The maximum atomic E-state index is 12.3. The average Bonchev–Trinajstić information content (AvgIpc) is 3.12. The Balaban J connectivity index is 2.18. The Morgan fingerprint density at radius 3 is 2.76 bits per heavy atom. The highest BCUT2D eigenvalue weighted by Crippen LogP contribution is 2.30. The number of aromatic hydroxyl groups is 1. The maximum absolute atomic E-state index is 12.3. The van der Waals surface area contributed by atoms with Crippen molar-refractivity contribution < 1.29 is 9.90 Å². The molecule has 1 aliphatic rings. The largest absolute Gasteiger partial charge is 0.507 e. The van der Waals surface area contributed by atoms with Crippen LogP contribution in [0.3, 0.4) is 0 Å². The molecule has 1 N–H and O–H groups in total. The highest BCUT2D eigenvalue weighted by molar-refractivity contribution is 5.97. The molecule has 1 fully saturated rings. The molecule has 1 aromatic rings. The lowest BCUT2D eigenvalue weighted by Crippen LogP contribution is -2.32. The summed E-state index contributed by atoms with van der Waals surface area (Å²) in [6.45, 7) is 5.42. The molecule has 0 aromatic heterocycles. The number of nitrogens with zero attached hydrogens (tertiary/aromatic N) is 1. The molecule has 92 valence electrons. The number of hydrogen-bond donors (Lipinski definition) is 1. The molecule has 0 spiro atoms. The van der Waals surface area contributed by atoms with Gasteiger partial charge in [0.25, 0.3) is 5.91 Å². The first-order chi connectivity index (χ1) is 8.11. The second-order valence-electron chi connectivity index (χ2n) is 4.81. The number of rotatable bonds is 4. The predicted octanol–water partition coefficient (Wildman–Crippen LogP) is 2.57. The van der Waals surface area contributed by atoms with Gasteiger partial charge in [0.05, 0.1) is 5.56 Å². The molecule has 1 amide bonds. The molecule has 0 unspecified atom stereocenters. The summed E-state index contributed by atoms with van der Waals surface area (Å²) in [7, 11) is 0. The Kier molecular flexibility index (Phi) is 3.36. The molecular formula is C14H19NO2. The lowest BCUT2D eigenvalue weighted by molar-refractivity contribution is 0.0754. The maximum Gasteiger partial charge on any atom is 0.257 e. The first-order valence-electron chi connectivity index (χ1n) is 6.20. The number of phenolic OH excluding ortho intramolecular Hbond substituents is 1. The van der Waals surface area contributed by atoms with E-state index in [9.17, 15) is 9.90 Å². The highest BCUT2D eigenvalue weighted by atomic mass is 16.3. The van der Waals surface area contributed by atoms with Crippen LogP contribution in [0.1, 0.15) is 35.7 Å². The Morgan fingerprint density at radius 2 is 2.18 bits per heavy atom. The van der Waals surface area contributed by atoms with E-state index < -0.39 is 0 Å². The SMILES string of the molecule is CCN(CC1CC1)C(=O)c1cc(C)ccc1O. The highest BCUT2D eigenvalue weighted by Gasteiger charge is 2.27. The molecular weight excluding hydrogens is 214 g/mol. The summed E-state index contributed by atoms with van der Waals surface area (Å²) >= 11 is 0. The van der Waals surface area contributed by atoms with Gasteiger partial charge in [-0.3, -0.25) is 4.79 Å². The fraction of sp³-hybridized carbons (Fsp3) is 0.500. The van der Waals surface area contributed by atoms with E-state index in [2.05, 4.69) is 0 Å². The molecule has 0 aliphatic heterocycles. The van der Waals surface area contributed by atoms with Crippen LogP contribution in [0.5, 0.6) is 5.75 Å². The zero-order valence-corrected chi connectivity index (χ0v) is 10.4. The van der Waals surface area contributed by atoms with E-state index in [0.29, 0.717) is 18.0 Å². The molecule has 2 rings (SSSR count). The lowest BCUT2D eigenvalue weighted by Gasteiger charge is -2.21. The van der Waals surface area contributed by atoms with E-state index in [1.165, 1.54) is 12.8 Å². The van der Waals surface area contributed by atoms with E-state index in [0.717, 1.165) is 12.1 Å². The van der Waals surface area contributed by atoms with Crippen molar-refractivity contribution in [2.75, 3.05) is 13.1 Å². The van der Waals surface area contributed by atoms with E-state index in [4.69, 9.17) is 0 Å². The zero-order valence-electron chi connectivity index (χ0n) is 10.4. The molecule has 0 bridgehead atoms. The molecule has 3 heteroatoms. The van der Waals surface area contributed by atoms with Crippen molar-refractivity contribution in [3.8, 4) is 5.75 Å². The van der Waals surface area contributed by atoms with Crippen molar-refractivity contribution >= 4 is 5.91 Å². The third-order valence-electron chi connectivity index (χ3n) is 3.23. The number of amides is 1. The normalized spacial score (nSPS) is 14.7. The fourth-order valence-electron chi connectivity index (χ4n) is 1.96. The Morgan fingerprint density at radius 1 is 1.47 bits per heavy atom. The number of carbonyl (C=O) groups excluding carboxylic acids is 1. The van der Waals surface area contributed by atoms with Crippen LogP contribution in [0.25, 0.3) is 0 Å². The van der Waals surface area contributed by atoms with Crippen LogP contribution in [0, 0.1) is 12.8 Å². The minimum atomic E-state index is -0.0550. The van der Waals surface area contributed by atoms with Gasteiger partial charge in [0.15, 0.2) is 0 Å². The van der Waals surface area contributed by atoms with Gasteiger partial charge >= 0.3 is 0 Å². The molecule has 17 heavy (non-hydrogen) atoms. The van der Waals surface area contributed by atoms with Crippen molar-refractivity contribution in [2.45, 2.75) is 26.7 Å². The van der Waals surface area contributed by atoms with Crippen LogP contribution in [0.15, 0.2) is 18.2 Å². The van der Waals surface area contributed by atoms with Crippen molar-refractivity contribution in [1.82, 2.24) is 4.90 Å². The summed E-state index contributed by atoms with van der Waals surface area (Å²) in [5.41, 5.74) is 1.42. The van der Waals surface area contributed by atoms with Gasteiger partial charge in [0.2, 0.25) is 0 Å². The second-order valence-corrected chi connectivity index (χ2v) is 4.81. The number of carbonyl (C=O) groups is 1. The quantitative estimate of drug-likeness (QED) is 0.868. The smallest absolute Gasteiger partial charge is 0.257 e. The molecule has 0 heterocycles. The van der Waals surface area contributed by atoms with Crippen LogP contribution >= 0.6 is 0 Å². The van der Waals surface area contributed by atoms with Gasteiger partial charge in [-0.05, 0) is 44.7 Å². The Bertz CT molecular complexity index is 424. The van der Waals surface area contributed by atoms with Crippen molar-refractivity contribution in [1.29, 1.82) is 0 Å². The molecule has 3 nitrogen and oxygen atoms in total. The van der Waals surface area contributed by atoms with Crippen molar-refractivity contribution in [2.24, 2.45) is 5.92 Å². The van der Waals surface area contributed by atoms with Crippen LogP contribution in [0.4, 0.5) is 0 Å². The zero-order chi connectivity index (χ0) is 12.4. The number of benzene rings is 1. The topological polar surface area (TPSA) is 40.5 Å². The van der Waals surface area contributed by atoms with Crippen LogP contribution in [-0.2, 0) is 0 Å². The predicted molar refractivity (Wildman–Crippen MR) is 67.1 cm³/mol.